The second-order valence-corrected chi connectivity index (χ2v) is 12.3. The first-order valence-corrected chi connectivity index (χ1v) is 12.2. The van der Waals surface area contributed by atoms with Crippen LogP contribution in [0.3, 0.4) is 0 Å². The highest BCUT2D eigenvalue weighted by molar-refractivity contribution is 7.85. The molecule has 0 amide bonds. The van der Waals surface area contributed by atoms with Crippen molar-refractivity contribution in [3.63, 3.8) is 0 Å². The van der Waals surface area contributed by atoms with E-state index >= 15 is 0 Å². The van der Waals surface area contributed by atoms with E-state index < -0.39 is 18.2 Å². The van der Waals surface area contributed by atoms with Crippen LogP contribution in [-0.4, -0.2) is 21.0 Å². The lowest BCUT2D eigenvalue weighted by molar-refractivity contribution is 0.483. The molecule has 0 fully saturated rings. The van der Waals surface area contributed by atoms with Crippen molar-refractivity contribution in [1.82, 2.24) is 0 Å². The van der Waals surface area contributed by atoms with Crippen LogP contribution < -0.4 is 0 Å². The largest absolute Gasteiger partial charge is 0.294 e. The Hall–Kier alpha value is -0.653. The minimum absolute atomic E-state index is 0.0139. The Morgan fingerprint density at radius 3 is 1.67 bits per heavy atom. The fraction of sp³-hybridized carbons (Fsp3) is 0.625. The third kappa shape index (κ3) is 5.56. The lowest BCUT2D eigenvalue weighted by Gasteiger charge is -2.31. The fourth-order valence-corrected chi connectivity index (χ4v) is 9.49. The third-order valence-electron chi connectivity index (χ3n) is 4.14. The van der Waals surface area contributed by atoms with Gasteiger partial charge in [-0.3, -0.25) is 4.55 Å². The summed E-state index contributed by atoms with van der Waals surface area (Å²) in [5.74, 6) is 0. The molecule has 0 saturated heterocycles. The van der Waals surface area contributed by atoms with E-state index in [1.54, 1.807) is 0 Å². The number of rotatable bonds is 9. The van der Waals surface area contributed by atoms with Gasteiger partial charge >= 0.3 is 0 Å². The minimum atomic E-state index is -4.08. The highest BCUT2D eigenvalue weighted by Gasteiger charge is 2.30. The summed E-state index contributed by atoms with van der Waals surface area (Å²) in [7, 11) is -5.39. The van der Waals surface area contributed by atoms with Crippen LogP contribution in [0.25, 0.3) is 0 Å². The maximum atomic E-state index is 11.1. The highest BCUT2D eigenvalue weighted by Crippen LogP contribution is 2.30. The molecule has 0 aliphatic carbocycles. The Bertz CT molecular complexity index is 506. The van der Waals surface area contributed by atoms with Gasteiger partial charge in [-0.05, 0) is 18.2 Å². The van der Waals surface area contributed by atoms with Gasteiger partial charge in [0.25, 0.3) is 10.1 Å². The second kappa shape index (κ2) is 8.10. The minimum Gasteiger partial charge on any atom is -0.282 e. The van der Waals surface area contributed by atoms with Gasteiger partial charge in [-0.15, -0.1) is 0 Å². The van der Waals surface area contributed by atoms with E-state index in [1.807, 2.05) is 12.1 Å². The van der Waals surface area contributed by atoms with Crippen molar-refractivity contribution in [3.8, 4) is 0 Å². The molecule has 0 aromatic heterocycles. The highest BCUT2D eigenvalue weighted by atomic mass is 32.2. The molecule has 0 saturated carbocycles. The molecule has 120 valence electrons. The molecule has 5 heteroatoms. The zero-order valence-electron chi connectivity index (χ0n) is 13.4. The van der Waals surface area contributed by atoms with E-state index in [4.69, 9.17) is 4.55 Å². The molecule has 0 aliphatic heterocycles. The summed E-state index contributed by atoms with van der Waals surface area (Å²) in [6, 6.07) is 11.9. The Morgan fingerprint density at radius 2 is 1.33 bits per heavy atom. The van der Waals surface area contributed by atoms with Crippen LogP contribution in [0.2, 0.25) is 18.1 Å². The summed E-state index contributed by atoms with van der Waals surface area (Å²) in [6.07, 6.45) is 3.69. The predicted octanol–water partition coefficient (Wildman–Crippen LogP) is 4.69. The van der Waals surface area contributed by atoms with Crippen LogP contribution in [0, 0.1) is 0 Å². The molecule has 0 unspecified atom stereocenters. The van der Waals surface area contributed by atoms with E-state index in [-0.39, 0.29) is 4.90 Å². The summed E-state index contributed by atoms with van der Waals surface area (Å²) in [6.45, 7) is 6.78. The first kappa shape index (κ1) is 18.4. The summed E-state index contributed by atoms with van der Waals surface area (Å²) in [4.78, 5) is -0.0139. The van der Waals surface area contributed by atoms with Crippen molar-refractivity contribution in [2.24, 2.45) is 0 Å². The van der Waals surface area contributed by atoms with Crippen molar-refractivity contribution >= 4 is 18.2 Å². The van der Waals surface area contributed by atoms with Gasteiger partial charge in [0.2, 0.25) is 0 Å². The van der Waals surface area contributed by atoms with Gasteiger partial charge in [0.1, 0.15) is 0 Å². The molecule has 0 aliphatic rings. The summed E-state index contributed by atoms with van der Waals surface area (Å²) in [5, 5.41) is 0. The lowest BCUT2D eigenvalue weighted by Crippen LogP contribution is -2.36. The van der Waals surface area contributed by atoms with Gasteiger partial charge in [-0.25, -0.2) is 0 Å². The van der Waals surface area contributed by atoms with Gasteiger partial charge in [-0.2, -0.15) is 8.42 Å². The summed E-state index contributed by atoms with van der Waals surface area (Å²) in [5.41, 5.74) is 1.21. The Labute approximate surface area is 130 Å². The van der Waals surface area contributed by atoms with Crippen LogP contribution >= 0.6 is 0 Å². The molecule has 3 nitrogen and oxygen atoms in total. The molecule has 1 aromatic carbocycles. The normalized spacial score (nSPS) is 12.6. The molecular weight excluding hydrogens is 300 g/mol. The van der Waals surface area contributed by atoms with Gasteiger partial charge in [0.15, 0.2) is 0 Å². The van der Waals surface area contributed by atoms with Gasteiger partial charge in [-0.1, -0.05) is 75.9 Å². The fourth-order valence-electron chi connectivity index (χ4n) is 3.44. The SMILES string of the molecule is CCC[Si](CCC)(CCC)Cc1ccc(S(=O)(=O)O)cc1. The van der Waals surface area contributed by atoms with Crippen LogP contribution in [0.15, 0.2) is 29.2 Å². The molecule has 0 atom stereocenters. The predicted molar refractivity (Wildman–Crippen MR) is 91.0 cm³/mol. The molecule has 21 heavy (non-hydrogen) atoms. The standard InChI is InChI=1S/C16H28O3SSi/c1-4-11-21(12-5-2,13-6-3)14-15-7-9-16(10-8-15)20(17,18)19/h7-10H,4-6,11-14H2,1-3H3,(H,17,18,19). The lowest BCUT2D eigenvalue weighted by atomic mass is 10.2. The quantitative estimate of drug-likeness (QED) is 0.528. The van der Waals surface area contributed by atoms with Crippen molar-refractivity contribution in [2.45, 2.75) is 69.1 Å². The molecular formula is C16H28O3SSi. The van der Waals surface area contributed by atoms with Gasteiger partial charge < -0.3 is 0 Å². The van der Waals surface area contributed by atoms with Crippen molar-refractivity contribution in [3.05, 3.63) is 29.8 Å². The van der Waals surface area contributed by atoms with E-state index in [9.17, 15) is 8.42 Å². The molecule has 1 rings (SSSR count). The molecule has 0 spiro atoms. The van der Waals surface area contributed by atoms with Crippen LogP contribution in [0.5, 0.6) is 0 Å². The smallest absolute Gasteiger partial charge is 0.282 e. The van der Waals surface area contributed by atoms with Crippen LogP contribution in [-0.2, 0) is 16.2 Å². The average molecular weight is 329 g/mol. The Kier molecular flexibility index (Phi) is 7.10. The van der Waals surface area contributed by atoms with E-state index in [1.165, 1.54) is 55.1 Å². The number of hydrogen-bond donors (Lipinski definition) is 1. The topological polar surface area (TPSA) is 54.4 Å². The van der Waals surface area contributed by atoms with Gasteiger partial charge in [0, 0.05) is 0 Å². The zero-order chi connectivity index (χ0) is 15.9. The molecule has 0 bridgehead atoms. The molecule has 0 radical (unpaired) electrons. The van der Waals surface area contributed by atoms with E-state index in [0.29, 0.717) is 0 Å². The Balaban J connectivity index is 2.97. The zero-order valence-corrected chi connectivity index (χ0v) is 15.2. The van der Waals surface area contributed by atoms with Crippen LogP contribution in [0.1, 0.15) is 45.6 Å². The second-order valence-electron chi connectivity index (χ2n) is 6.05. The van der Waals surface area contributed by atoms with Crippen molar-refractivity contribution in [1.29, 1.82) is 0 Å². The Morgan fingerprint density at radius 1 is 0.905 bits per heavy atom. The van der Waals surface area contributed by atoms with Gasteiger partial charge in [0.05, 0.1) is 13.0 Å². The maximum Gasteiger partial charge on any atom is 0.294 e. The number of hydrogen-bond acceptors (Lipinski definition) is 2. The van der Waals surface area contributed by atoms with E-state index in [2.05, 4.69) is 20.8 Å². The average Bonchev–Trinajstić information content (AvgIpc) is 2.39. The molecule has 0 heterocycles. The first-order chi connectivity index (χ1) is 9.87. The molecule has 1 N–H and O–H groups in total. The van der Waals surface area contributed by atoms with Crippen molar-refractivity contribution < 1.29 is 13.0 Å². The third-order valence-corrected chi connectivity index (χ3v) is 10.8. The van der Waals surface area contributed by atoms with E-state index in [0.717, 1.165) is 6.04 Å². The van der Waals surface area contributed by atoms with Crippen molar-refractivity contribution in [2.75, 3.05) is 0 Å². The summed E-state index contributed by atoms with van der Waals surface area (Å²) >= 11 is 0. The monoisotopic (exact) mass is 328 g/mol. The summed E-state index contributed by atoms with van der Waals surface area (Å²) < 4.78 is 31.2. The molecule has 1 aromatic rings. The first-order valence-electron chi connectivity index (χ1n) is 7.93. The van der Waals surface area contributed by atoms with Crippen LogP contribution in [0.4, 0.5) is 0 Å². The maximum absolute atomic E-state index is 11.1. The number of benzene rings is 1.